The van der Waals surface area contributed by atoms with Crippen LogP contribution in [-0.4, -0.2) is 31.6 Å². The van der Waals surface area contributed by atoms with Gasteiger partial charge in [0.2, 0.25) is 0 Å². The number of likely N-dealkylation sites (N-methyl/N-ethyl adjacent to an activating group) is 1. The minimum Gasteiger partial charge on any atom is -0.465 e. The normalized spacial score (nSPS) is 14.5. The fourth-order valence-corrected chi connectivity index (χ4v) is 3.07. The Morgan fingerprint density at radius 3 is 2.64 bits per heavy atom. The van der Waals surface area contributed by atoms with Crippen LogP contribution in [0, 0.1) is 0 Å². The maximum absolute atomic E-state index is 12.1. The quantitative estimate of drug-likeness (QED) is 0.684. The molecule has 0 saturated carbocycles. The van der Waals surface area contributed by atoms with Gasteiger partial charge in [-0.2, -0.15) is 0 Å². The Hall–Kier alpha value is -2.33. The molecule has 1 aliphatic rings. The highest BCUT2D eigenvalue weighted by atomic mass is 16.5. The average Bonchev–Trinajstić information content (AvgIpc) is 2.56. The van der Waals surface area contributed by atoms with Gasteiger partial charge in [-0.25, -0.2) is 4.79 Å². The molecule has 0 aliphatic carbocycles. The number of ether oxygens (including phenoxy) is 1. The molecule has 4 nitrogen and oxygen atoms in total. The molecule has 22 heavy (non-hydrogen) atoms. The van der Waals surface area contributed by atoms with Gasteiger partial charge in [0, 0.05) is 13.1 Å². The molecule has 0 aromatic heterocycles. The fraction of sp³-hybridized carbons (Fsp3) is 0.278. The Morgan fingerprint density at radius 2 is 1.95 bits per heavy atom. The second-order valence-corrected chi connectivity index (χ2v) is 5.69. The first-order chi connectivity index (χ1) is 10.6. The Bertz CT molecular complexity index is 711. The molecular weight excluding hydrogens is 276 g/mol. The molecule has 0 unspecified atom stereocenters. The average molecular weight is 296 g/mol. The van der Waals surface area contributed by atoms with Crippen molar-refractivity contribution in [1.82, 2.24) is 4.90 Å². The molecule has 4 heteroatoms. The van der Waals surface area contributed by atoms with Crippen LogP contribution >= 0.6 is 0 Å². The minimum absolute atomic E-state index is 0.384. The number of rotatable bonds is 2. The smallest absolute Gasteiger partial charge is 0.339 e. The Labute approximate surface area is 130 Å². The first kappa shape index (κ1) is 14.6. The molecule has 2 aromatic rings. The molecule has 114 valence electrons. The number of esters is 1. The molecule has 0 spiro atoms. The molecule has 0 fully saturated rings. The van der Waals surface area contributed by atoms with Gasteiger partial charge in [0.1, 0.15) is 0 Å². The van der Waals surface area contributed by atoms with Crippen LogP contribution in [0.25, 0.3) is 11.1 Å². The van der Waals surface area contributed by atoms with Crippen LogP contribution in [0.1, 0.15) is 21.5 Å². The lowest BCUT2D eigenvalue weighted by atomic mass is 9.87. The summed E-state index contributed by atoms with van der Waals surface area (Å²) in [5, 5.41) is 0. The minimum atomic E-state index is -0.384. The predicted molar refractivity (Wildman–Crippen MR) is 87.7 cm³/mol. The SMILES string of the molecule is COC(=O)c1cc(-c2ccccc2)c2c(c1N)CN(C)CC2. The lowest BCUT2D eigenvalue weighted by Crippen LogP contribution is -2.28. The summed E-state index contributed by atoms with van der Waals surface area (Å²) in [6, 6.07) is 12.0. The number of methoxy groups -OCH3 is 1. The lowest BCUT2D eigenvalue weighted by molar-refractivity contribution is 0.0602. The summed E-state index contributed by atoms with van der Waals surface area (Å²) in [6.45, 7) is 1.75. The van der Waals surface area contributed by atoms with Gasteiger partial charge in [0.15, 0.2) is 0 Å². The lowest BCUT2D eigenvalue weighted by Gasteiger charge is -2.29. The summed E-state index contributed by atoms with van der Waals surface area (Å²) >= 11 is 0. The molecule has 0 saturated heterocycles. The van der Waals surface area contributed by atoms with Crippen molar-refractivity contribution >= 4 is 11.7 Å². The Balaban J connectivity index is 2.25. The van der Waals surface area contributed by atoms with Gasteiger partial charge >= 0.3 is 5.97 Å². The fourth-order valence-electron chi connectivity index (χ4n) is 3.07. The molecule has 3 rings (SSSR count). The standard InChI is InChI=1S/C18H20N2O2/c1-20-9-8-13-14(12-6-4-3-5-7-12)10-15(18(21)22-2)17(19)16(13)11-20/h3-7,10H,8-9,11,19H2,1-2H3. The van der Waals surface area contributed by atoms with Crippen molar-refractivity contribution in [3.63, 3.8) is 0 Å². The van der Waals surface area contributed by atoms with E-state index < -0.39 is 0 Å². The van der Waals surface area contributed by atoms with Crippen molar-refractivity contribution in [1.29, 1.82) is 0 Å². The molecular formula is C18H20N2O2. The van der Waals surface area contributed by atoms with Crippen molar-refractivity contribution in [2.24, 2.45) is 0 Å². The van der Waals surface area contributed by atoms with Crippen LogP contribution in [0.5, 0.6) is 0 Å². The summed E-state index contributed by atoms with van der Waals surface area (Å²) < 4.78 is 4.89. The van der Waals surface area contributed by atoms with Crippen LogP contribution in [-0.2, 0) is 17.7 Å². The highest BCUT2D eigenvalue weighted by molar-refractivity contribution is 5.98. The zero-order valence-corrected chi connectivity index (χ0v) is 12.9. The molecule has 0 amide bonds. The summed E-state index contributed by atoms with van der Waals surface area (Å²) in [6.07, 6.45) is 0.932. The number of anilines is 1. The number of nitrogen functional groups attached to an aromatic ring is 1. The molecule has 1 heterocycles. The predicted octanol–water partition coefficient (Wildman–Crippen LogP) is 2.71. The third-order valence-electron chi connectivity index (χ3n) is 4.26. The Kier molecular flexibility index (Phi) is 3.86. The van der Waals surface area contributed by atoms with Crippen molar-refractivity contribution in [2.45, 2.75) is 13.0 Å². The zero-order valence-electron chi connectivity index (χ0n) is 12.9. The molecule has 0 radical (unpaired) electrons. The van der Waals surface area contributed by atoms with Gasteiger partial charge in [-0.15, -0.1) is 0 Å². The van der Waals surface area contributed by atoms with E-state index in [9.17, 15) is 4.79 Å². The number of fused-ring (bicyclic) bond motifs is 1. The van der Waals surface area contributed by atoms with Gasteiger partial charge in [0.05, 0.1) is 18.4 Å². The van der Waals surface area contributed by atoms with Crippen LogP contribution in [0.4, 0.5) is 5.69 Å². The number of carbonyl (C=O) groups is 1. The van der Waals surface area contributed by atoms with Crippen molar-refractivity contribution < 1.29 is 9.53 Å². The highest BCUT2D eigenvalue weighted by Crippen LogP contribution is 2.36. The first-order valence-electron chi connectivity index (χ1n) is 7.38. The first-order valence-corrected chi connectivity index (χ1v) is 7.38. The molecule has 2 aromatic carbocycles. The maximum atomic E-state index is 12.1. The van der Waals surface area contributed by atoms with Gasteiger partial charge in [0.25, 0.3) is 0 Å². The van der Waals surface area contributed by atoms with Crippen molar-refractivity contribution in [3.8, 4) is 11.1 Å². The van der Waals surface area contributed by atoms with E-state index in [0.29, 0.717) is 11.3 Å². The topological polar surface area (TPSA) is 55.6 Å². The summed E-state index contributed by atoms with van der Waals surface area (Å²) in [7, 11) is 3.45. The van der Waals surface area contributed by atoms with Gasteiger partial charge < -0.3 is 15.4 Å². The molecule has 2 N–H and O–H groups in total. The number of nitrogens with zero attached hydrogens (tertiary/aromatic N) is 1. The highest BCUT2D eigenvalue weighted by Gasteiger charge is 2.24. The number of nitrogens with two attached hydrogens (primary N) is 1. The van der Waals surface area contributed by atoms with Crippen molar-refractivity contribution in [3.05, 3.63) is 53.1 Å². The summed E-state index contributed by atoms with van der Waals surface area (Å²) in [4.78, 5) is 14.3. The monoisotopic (exact) mass is 296 g/mol. The molecule has 1 aliphatic heterocycles. The second kappa shape index (κ2) is 5.81. The summed E-state index contributed by atoms with van der Waals surface area (Å²) in [5.74, 6) is -0.384. The second-order valence-electron chi connectivity index (χ2n) is 5.69. The van der Waals surface area contributed by atoms with E-state index in [1.54, 1.807) is 0 Å². The van der Waals surface area contributed by atoms with Crippen LogP contribution in [0.3, 0.4) is 0 Å². The van der Waals surface area contributed by atoms with Crippen molar-refractivity contribution in [2.75, 3.05) is 26.4 Å². The van der Waals surface area contributed by atoms with Gasteiger partial charge in [-0.05, 0) is 41.8 Å². The third-order valence-corrected chi connectivity index (χ3v) is 4.26. The van der Waals surface area contributed by atoms with E-state index in [1.165, 1.54) is 12.7 Å². The van der Waals surface area contributed by atoms with Crippen LogP contribution < -0.4 is 5.73 Å². The van der Waals surface area contributed by atoms with Crippen LogP contribution in [0.2, 0.25) is 0 Å². The maximum Gasteiger partial charge on any atom is 0.339 e. The van der Waals surface area contributed by atoms with E-state index in [4.69, 9.17) is 10.5 Å². The van der Waals surface area contributed by atoms with E-state index >= 15 is 0 Å². The van der Waals surface area contributed by atoms with E-state index in [-0.39, 0.29) is 5.97 Å². The largest absolute Gasteiger partial charge is 0.465 e. The van der Waals surface area contributed by atoms with Gasteiger partial charge in [-0.1, -0.05) is 30.3 Å². The summed E-state index contributed by atoms with van der Waals surface area (Å²) in [5.41, 5.74) is 11.7. The Morgan fingerprint density at radius 1 is 1.23 bits per heavy atom. The molecule has 0 atom stereocenters. The van der Waals surface area contributed by atoms with E-state index in [2.05, 4.69) is 24.1 Å². The van der Waals surface area contributed by atoms with Gasteiger partial charge in [-0.3, -0.25) is 0 Å². The number of carbonyl (C=O) groups excluding carboxylic acids is 1. The molecule has 0 bridgehead atoms. The van der Waals surface area contributed by atoms with E-state index in [1.807, 2.05) is 24.3 Å². The third kappa shape index (κ3) is 2.46. The van der Waals surface area contributed by atoms with E-state index in [0.717, 1.165) is 36.2 Å². The number of benzene rings is 2. The number of hydrogen-bond donors (Lipinski definition) is 1. The zero-order chi connectivity index (χ0) is 15.7. The van der Waals surface area contributed by atoms with Crippen LogP contribution in [0.15, 0.2) is 36.4 Å². The number of hydrogen-bond acceptors (Lipinski definition) is 4.